The summed E-state index contributed by atoms with van der Waals surface area (Å²) >= 11 is 6.32. The van der Waals surface area contributed by atoms with E-state index >= 15 is 0 Å². The second-order valence-corrected chi connectivity index (χ2v) is 13.4. The molecule has 45 heavy (non-hydrogen) atoms. The van der Waals surface area contributed by atoms with Crippen LogP contribution in [-0.4, -0.2) is 44.3 Å². The maximum atomic E-state index is 14.5. The SMILES string of the molecule is CCCCNC(=O)[C@@H](Cc1ccccc1)N(Cc1cccc(Cl)c1)C(=O)CN(c1ccc(C)cc1C)S(=O)(=O)c1ccccc1. The third kappa shape index (κ3) is 8.96. The summed E-state index contributed by atoms with van der Waals surface area (Å²) in [6.07, 6.45) is 1.94. The fraction of sp³-hybridized carbons (Fsp3) is 0.278. The van der Waals surface area contributed by atoms with Gasteiger partial charge in [-0.05, 0) is 67.3 Å². The minimum Gasteiger partial charge on any atom is -0.354 e. The summed E-state index contributed by atoms with van der Waals surface area (Å²) in [6, 6.07) is 29.2. The van der Waals surface area contributed by atoms with Crippen LogP contribution < -0.4 is 9.62 Å². The van der Waals surface area contributed by atoms with Crippen molar-refractivity contribution in [3.8, 4) is 0 Å². The zero-order chi connectivity index (χ0) is 32.4. The van der Waals surface area contributed by atoms with E-state index in [-0.39, 0.29) is 23.8 Å². The molecule has 0 spiro atoms. The Morgan fingerprint density at radius 2 is 1.51 bits per heavy atom. The Morgan fingerprint density at radius 1 is 0.844 bits per heavy atom. The minimum atomic E-state index is -4.16. The number of nitrogens with one attached hydrogen (secondary N) is 1. The standard InChI is InChI=1S/C36H40ClN3O4S/c1-4-5-21-38-36(42)34(24-29-13-8-6-9-14-29)39(25-30-15-12-16-31(37)23-30)35(41)26-40(33-20-19-27(2)22-28(33)3)45(43,44)32-17-10-7-11-18-32/h6-20,22-23,34H,4-5,21,24-26H2,1-3H3,(H,38,42)/t34-/m1/s1. The smallest absolute Gasteiger partial charge is 0.264 e. The van der Waals surface area contributed by atoms with E-state index in [2.05, 4.69) is 5.32 Å². The number of anilines is 1. The molecule has 0 aliphatic carbocycles. The van der Waals surface area contributed by atoms with Gasteiger partial charge in [-0.3, -0.25) is 13.9 Å². The van der Waals surface area contributed by atoms with Crippen molar-refractivity contribution in [1.82, 2.24) is 10.2 Å². The van der Waals surface area contributed by atoms with Crippen LogP contribution in [0.3, 0.4) is 0 Å². The lowest BCUT2D eigenvalue weighted by molar-refractivity contribution is -0.140. The van der Waals surface area contributed by atoms with Gasteiger partial charge in [0.1, 0.15) is 12.6 Å². The average molecular weight is 646 g/mol. The van der Waals surface area contributed by atoms with Crippen molar-refractivity contribution in [2.45, 2.75) is 57.5 Å². The van der Waals surface area contributed by atoms with Gasteiger partial charge in [-0.15, -0.1) is 0 Å². The molecule has 4 aromatic carbocycles. The molecule has 0 saturated carbocycles. The first-order valence-electron chi connectivity index (χ1n) is 15.1. The van der Waals surface area contributed by atoms with E-state index in [1.807, 2.05) is 69.3 Å². The van der Waals surface area contributed by atoms with Gasteiger partial charge in [-0.2, -0.15) is 0 Å². The van der Waals surface area contributed by atoms with Crippen LogP contribution in [0.2, 0.25) is 5.02 Å². The highest BCUT2D eigenvalue weighted by molar-refractivity contribution is 7.92. The van der Waals surface area contributed by atoms with Crippen molar-refractivity contribution in [2.24, 2.45) is 0 Å². The number of carbonyl (C=O) groups excluding carboxylic acids is 2. The predicted molar refractivity (Wildman–Crippen MR) is 181 cm³/mol. The Morgan fingerprint density at radius 3 is 2.16 bits per heavy atom. The zero-order valence-corrected chi connectivity index (χ0v) is 27.5. The molecule has 236 valence electrons. The maximum absolute atomic E-state index is 14.5. The number of aryl methyl sites for hydroxylation is 2. The number of nitrogens with zero attached hydrogens (tertiary/aromatic N) is 2. The molecule has 0 aliphatic rings. The molecule has 1 N–H and O–H groups in total. The quantitative estimate of drug-likeness (QED) is 0.155. The molecule has 4 aromatic rings. The molecule has 0 aromatic heterocycles. The van der Waals surface area contributed by atoms with Crippen LogP contribution in [0.15, 0.2) is 108 Å². The molecule has 0 fully saturated rings. The van der Waals surface area contributed by atoms with Gasteiger partial charge in [0, 0.05) is 24.5 Å². The first-order valence-corrected chi connectivity index (χ1v) is 16.9. The number of rotatable bonds is 14. The fourth-order valence-corrected chi connectivity index (χ4v) is 6.92. The van der Waals surface area contributed by atoms with Gasteiger partial charge >= 0.3 is 0 Å². The molecule has 0 aliphatic heterocycles. The molecular weight excluding hydrogens is 606 g/mol. The normalized spacial score (nSPS) is 11.9. The van der Waals surface area contributed by atoms with Crippen LogP contribution in [0.5, 0.6) is 0 Å². The first kappa shape index (κ1) is 33.7. The van der Waals surface area contributed by atoms with Crippen LogP contribution in [0.4, 0.5) is 5.69 Å². The lowest BCUT2D eigenvalue weighted by atomic mass is 10.0. The number of hydrogen-bond acceptors (Lipinski definition) is 4. The van der Waals surface area contributed by atoms with E-state index in [1.165, 1.54) is 17.0 Å². The molecular formula is C36H40ClN3O4S. The number of sulfonamides is 1. The number of carbonyl (C=O) groups is 2. The van der Waals surface area contributed by atoms with Gasteiger partial charge < -0.3 is 10.2 Å². The molecule has 0 radical (unpaired) electrons. The molecule has 4 rings (SSSR count). The largest absolute Gasteiger partial charge is 0.354 e. The van der Waals surface area contributed by atoms with Crippen molar-refractivity contribution in [2.75, 3.05) is 17.4 Å². The highest BCUT2D eigenvalue weighted by Crippen LogP contribution is 2.28. The van der Waals surface area contributed by atoms with Crippen LogP contribution in [0.25, 0.3) is 0 Å². The topological polar surface area (TPSA) is 86.8 Å². The Labute approximate surface area is 271 Å². The molecule has 9 heteroatoms. The van der Waals surface area contributed by atoms with Crippen molar-refractivity contribution < 1.29 is 18.0 Å². The monoisotopic (exact) mass is 645 g/mol. The summed E-state index contributed by atoms with van der Waals surface area (Å²) in [7, 11) is -4.16. The van der Waals surface area contributed by atoms with E-state index in [0.717, 1.165) is 33.8 Å². The van der Waals surface area contributed by atoms with Gasteiger partial charge in [0.05, 0.1) is 10.6 Å². The van der Waals surface area contributed by atoms with Crippen LogP contribution in [0, 0.1) is 13.8 Å². The first-order chi connectivity index (χ1) is 21.6. The number of halogens is 1. The Hall–Kier alpha value is -4.14. The van der Waals surface area contributed by atoms with E-state index < -0.39 is 28.5 Å². The summed E-state index contributed by atoms with van der Waals surface area (Å²) < 4.78 is 29.5. The van der Waals surface area contributed by atoms with Gasteiger partial charge in [0.2, 0.25) is 11.8 Å². The van der Waals surface area contributed by atoms with E-state index in [1.54, 1.807) is 42.5 Å². The van der Waals surface area contributed by atoms with Crippen molar-refractivity contribution in [1.29, 1.82) is 0 Å². The number of amides is 2. The van der Waals surface area contributed by atoms with Crippen LogP contribution in [0.1, 0.15) is 42.0 Å². The number of benzene rings is 4. The van der Waals surface area contributed by atoms with E-state index in [4.69, 9.17) is 11.6 Å². The Bertz CT molecular complexity index is 1700. The summed E-state index contributed by atoms with van der Waals surface area (Å²) in [6.45, 7) is 5.81. The maximum Gasteiger partial charge on any atom is 0.264 e. The molecule has 1 atom stereocenters. The Kier molecular flexibility index (Phi) is 11.8. The van der Waals surface area contributed by atoms with Gasteiger partial charge in [-0.25, -0.2) is 8.42 Å². The van der Waals surface area contributed by atoms with Crippen LogP contribution >= 0.6 is 11.6 Å². The Balaban J connectivity index is 1.81. The molecule has 7 nitrogen and oxygen atoms in total. The molecule has 2 amide bonds. The second-order valence-electron chi connectivity index (χ2n) is 11.1. The molecule has 0 saturated heterocycles. The lowest BCUT2D eigenvalue weighted by Gasteiger charge is -2.34. The third-order valence-electron chi connectivity index (χ3n) is 7.57. The fourth-order valence-electron chi connectivity index (χ4n) is 5.21. The van der Waals surface area contributed by atoms with E-state index in [9.17, 15) is 18.0 Å². The minimum absolute atomic E-state index is 0.0597. The summed E-state index contributed by atoms with van der Waals surface area (Å²) in [4.78, 5) is 29.9. The van der Waals surface area contributed by atoms with E-state index in [0.29, 0.717) is 22.8 Å². The second kappa shape index (κ2) is 15.7. The van der Waals surface area contributed by atoms with Gasteiger partial charge in [0.15, 0.2) is 0 Å². The molecule has 0 unspecified atom stereocenters. The predicted octanol–water partition coefficient (Wildman–Crippen LogP) is 6.71. The molecule has 0 heterocycles. The van der Waals surface area contributed by atoms with Crippen molar-refractivity contribution >= 4 is 39.1 Å². The average Bonchev–Trinajstić information content (AvgIpc) is 3.03. The number of hydrogen-bond donors (Lipinski definition) is 1. The lowest BCUT2D eigenvalue weighted by Crippen LogP contribution is -2.53. The van der Waals surface area contributed by atoms with Gasteiger partial charge in [0.25, 0.3) is 10.0 Å². The highest BCUT2D eigenvalue weighted by Gasteiger charge is 2.35. The zero-order valence-electron chi connectivity index (χ0n) is 25.9. The highest BCUT2D eigenvalue weighted by atomic mass is 35.5. The summed E-state index contributed by atoms with van der Waals surface area (Å²) in [5.74, 6) is -0.812. The number of unbranched alkanes of at least 4 members (excludes halogenated alkanes) is 1. The van der Waals surface area contributed by atoms with Crippen LogP contribution in [-0.2, 0) is 32.6 Å². The van der Waals surface area contributed by atoms with Gasteiger partial charge in [-0.1, -0.05) is 103 Å². The van der Waals surface area contributed by atoms with Crippen molar-refractivity contribution in [3.05, 3.63) is 130 Å². The molecule has 0 bridgehead atoms. The third-order valence-corrected chi connectivity index (χ3v) is 9.58. The summed E-state index contributed by atoms with van der Waals surface area (Å²) in [5, 5.41) is 3.50. The summed E-state index contributed by atoms with van der Waals surface area (Å²) in [5.41, 5.74) is 3.67. The van der Waals surface area contributed by atoms with Crippen molar-refractivity contribution in [3.63, 3.8) is 0 Å².